The summed E-state index contributed by atoms with van der Waals surface area (Å²) in [5, 5.41) is 0. The Hall–Kier alpha value is 2.94. The maximum absolute atomic E-state index is 8.34. The summed E-state index contributed by atoms with van der Waals surface area (Å²) in [6.07, 6.45) is 0. The van der Waals surface area contributed by atoms with Gasteiger partial charge in [-0.15, -0.1) is 0 Å². The fraction of sp³-hybridized carbons (Fsp3) is 0. The van der Waals surface area contributed by atoms with Crippen LogP contribution in [0.4, 0.5) is 0 Å². The molecule has 0 amide bonds. The number of rotatable bonds is 0. The molecule has 0 aromatic heterocycles. The molecule has 0 aliphatic heterocycles. The van der Waals surface area contributed by atoms with E-state index in [-0.39, 0.29) is 51.7 Å². The Balaban J connectivity index is -0.00000000500. The Bertz CT molecular complexity index is 11.5. The predicted octanol–water partition coefficient (Wildman–Crippen LogP) is -3.37. The number of hydrogen-bond acceptors (Lipinski definition) is 2. The van der Waals surface area contributed by atoms with Crippen LogP contribution in [0, 0.1) is 0 Å². The molecule has 2 nitrogen and oxygen atoms in total. The number of hydrogen-bond donors (Lipinski definition) is 0. The van der Waals surface area contributed by atoms with Gasteiger partial charge in [0.1, 0.15) is 0 Å². The molecule has 0 aromatic carbocycles. The molecule has 0 heterocycles. The van der Waals surface area contributed by atoms with E-state index in [0.717, 1.165) is 0 Å². The normalized spacial score (nSPS) is 1.33. The van der Waals surface area contributed by atoms with Gasteiger partial charge in [0.25, 0.3) is 0 Å². The zero-order valence-electron chi connectivity index (χ0n) is 1.82. The van der Waals surface area contributed by atoms with Crippen LogP contribution in [-0.4, -0.2) is 96.7 Å². The average Bonchev–Trinajstić information content (AvgIpc) is 1.50. The molecule has 0 atom stereocenters. The summed E-state index contributed by atoms with van der Waals surface area (Å²) in [5.74, 6) is 0. The first-order chi connectivity index (χ1) is 2.00. The molecule has 0 fully saturated rings. The average molecular weight is 505 g/mol. The van der Waals surface area contributed by atoms with Gasteiger partial charge in [0.15, 0.2) is 0 Å². The molecule has 32 valence electrons. The van der Waals surface area contributed by atoms with E-state index in [9.17, 15) is 0 Å². The summed E-state index contributed by atoms with van der Waals surface area (Å²) in [7, 11) is 0. The first kappa shape index (κ1) is 23.1. The van der Waals surface area contributed by atoms with E-state index in [2.05, 4.69) is 0 Å². The standard InChI is InChI=1S/2In.2O.2Sn.6H. The van der Waals surface area contributed by atoms with Crippen molar-refractivity contribution in [1.29, 1.82) is 0 Å². The molecule has 0 rings (SSSR count). The van der Waals surface area contributed by atoms with Crippen LogP contribution in [0.2, 0.25) is 0 Å². The molecule has 0 bridgehead atoms. The van der Waals surface area contributed by atoms with Crippen molar-refractivity contribution in [3.05, 3.63) is 0 Å². The Morgan fingerprint density at radius 3 is 0.667 bits per heavy atom. The Morgan fingerprint density at radius 1 is 0.667 bits per heavy atom. The Morgan fingerprint density at radius 2 is 0.667 bits per heavy atom. The molecule has 0 N–H and O–H groups in total. The van der Waals surface area contributed by atoms with Crippen LogP contribution < -0.4 is 0 Å². The first-order valence-electron chi connectivity index (χ1n) is 0.408. The monoisotopic (exact) mass is 508 g/mol. The van der Waals surface area contributed by atoms with Crippen LogP contribution in [0.3, 0.4) is 0 Å². The molecule has 0 saturated carbocycles. The second-order valence-corrected chi connectivity index (χ2v) is 0. The minimum absolute atomic E-state index is 0. The van der Waals surface area contributed by atoms with Crippen LogP contribution in [0.15, 0.2) is 0 Å². The van der Waals surface area contributed by atoms with Crippen molar-refractivity contribution in [2.45, 2.75) is 0 Å². The molecule has 0 spiro atoms. The second kappa shape index (κ2) is 44.3. The zero-order valence-corrected chi connectivity index (χ0v) is 7.52. The molecular formula is H6In2O2Sn2. The third kappa shape index (κ3) is 28.3. The van der Waals surface area contributed by atoms with Gasteiger partial charge in [-0.3, -0.25) is 0 Å². The molecule has 0 aliphatic carbocycles. The molecule has 0 aromatic rings. The van der Waals surface area contributed by atoms with Gasteiger partial charge in [0.05, 0.1) is 0 Å². The van der Waals surface area contributed by atoms with Gasteiger partial charge in [-0.05, 0) is 0 Å². The first-order valence-corrected chi connectivity index (χ1v) is 2.74. The minimum atomic E-state index is 0. The summed E-state index contributed by atoms with van der Waals surface area (Å²) >= 11 is 0.600. The molecule has 4 radical (unpaired) electrons. The topological polar surface area (TPSA) is 34.1 Å². The maximum atomic E-state index is 8.34. The molecular weight excluding hydrogens is 499 g/mol. The molecule has 0 aliphatic rings. The van der Waals surface area contributed by atoms with E-state index in [1.165, 1.54) is 0 Å². The third-order valence-electron chi connectivity index (χ3n) is 0. The summed E-state index contributed by atoms with van der Waals surface area (Å²) < 4.78 is 16.7. The van der Waals surface area contributed by atoms with E-state index in [1.807, 2.05) is 0 Å². The second-order valence-electron chi connectivity index (χ2n) is 0. The Labute approximate surface area is 101 Å². The van der Waals surface area contributed by atoms with Crippen molar-refractivity contribution >= 4 is 96.7 Å². The van der Waals surface area contributed by atoms with E-state index in [1.54, 1.807) is 0 Å². The summed E-state index contributed by atoms with van der Waals surface area (Å²) in [4.78, 5) is 0. The summed E-state index contributed by atoms with van der Waals surface area (Å²) in [6.45, 7) is 0. The quantitative estimate of drug-likeness (QED) is 0.323. The van der Waals surface area contributed by atoms with E-state index >= 15 is 0 Å². The van der Waals surface area contributed by atoms with Crippen molar-refractivity contribution < 1.29 is 6.15 Å². The molecule has 0 unspecified atom stereocenters. The summed E-state index contributed by atoms with van der Waals surface area (Å²) in [5.41, 5.74) is 0. The van der Waals surface area contributed by atoms with Crippen molar-refractivity contribution in [2.75, 3.05) is 0 Å². The van der Waals surface area contributed by atoms with Gasteiger partial charge in [0.2, 0.25) is 0 Å². The molecule has 6 heteroatoms. The summed E-state index contributed by atoms with van der Waals surface area (Å²) in [6, 6.07) is 0. The van der Waals surface area contributed by atoms with Gasteiger partial charge < -0.3 is 0 Å². The molecule has 6 heavy (non-hydrogen) atoms. The van der Waals surface area contributed by atoms with Gasteiger partial charge in [-0.2, -0.15) is 0 Å². The van der Waals surface area contributed by atoms with Gasteiger partial charge in [-0.1, -0.05) is 0 Å². The Kier molecular flexibility index (Phi) is 170. The molecule has 0 saturated heterocycles. The third-order valence-corrected chi connectivity index (χ3v) is 0. The van der Waals surface area contributed by atoms with Gasteiger partial charge >= 0.3 is 103 Å². The van der Waals surface area contributed by atoms with Crippen LogP contribution in [0.25, 0.3) is 0 Å². The van der Waals surface area contributed by atoms with Gasteiger partial charge in [0, 0.05) is 0 Å². The van der Waals surface area contributed by atoms with E-state index in [0.29, 0.717) is 45.0 Å². The van der Waals surface area contributed by atoms with Crippen LogP contribution in [0.1, 0.15) is 0 Å². The van der Waals surface area contributed by atoms with E-state index < -0.39 is 0 Å². The zero-order chi connectivity index (χ0) is 4.00. The van der Waals surface area contributed by atoms with Crippen LogP contribution >= 0.6 is 0 Å². The van der Waals surface area contributed by atoms with Crippen LogP contribution in [0.5, 0.6) is 0 Å². The van der Waals surface area contributed by atoms with Crippen molar-refractivity contribution in [3.63, 3.8) is 0 Å². The van der Waals surface area contributed by atoms with Crippen molar-refractivity contribution in [1.82, 2.24) is 0 Å². The fourth-order valence-corrected chi connectivity index (χ4v) is 0. The van der Waals surface area contributed by atoms with Crippen molar-refractivity contribution in [2.24, 2.45) is 0 Å². The fourth-order valence-electron chi connectivity index (χ4n) is 0. The predicted molar refractivity (Wildman–Crippen MR) is 32.8 cm³/mol. The SMILES string of the molecule is [InH3].[InH3].[O]=[Sn].[O]=[Sn]. The van der Waals surface area contributed by atoms with Crippen molar-refractivity contribution in [3.8, 4) is 0 Å². The van der Waals surface area contributed by atoms with Crippen LogP contribution in [-0.2, 0) is 6.15 Å². The van der Waals surface area contributed by atoms with E-state index in [4.69, 9.17) is 6.15 Å². The van der Waals surface area contributed by atoms with Gasteiger partial charge in [-0.25, -0.2) is 0 Å².